The highest BCUT2D eigenvalue weighted by Gasteiger charge is 2.48. The molecular weight excluding hydrogens is 272 g/mol. The molecule has 0 bridgehead atoms. The molecule has 0 aromatic carbocycles. The molecule has 2 aliphatic heterocycles. The Labute approximate surface area is 115 Å². The first-order chi connectivity index (χ1) is 8.72. The Kier molecular flexibility index (Phi) is 3.80. The van der Waals surface area contributed by atoms with Crippen LogP contribution < -0.4 is 5.11 Å². The minimum Gasteiger partial charge on any atom is -0.548 e. The molecule has 0 aromatic rings. The summed E-state index contributed by atoms with van der Waals surface area (Å²) in [6.07, 6.45) is 3.95. The van der Waals surface area contributed by atoms with Gasteiger partial charge in [-0.25, -0.2) is 0 Å². The second-order valence-corrected chi connectivity index (χ2v) is 7.98. The first-order valence-electron chi connectivity index (χ1n) is 6.45. The summed E-state index contributed by atoms with van der Waals surface area (Å²) in [4.78, 5) is 11.6. The third-order valence-corrected chi connectivity index (χ3v) is 7.59. The van der Waals surface area contributed by atoms with Crippen LogP contribution in [0, 0.1) is 5.92 Å². The van der Waals surface area contributed by atoms with Crippen molar-refractivity contribution >= 4 is 29.5 Å². The number of thioether (sulfide) groups is 2. The summed E-state index contributed by atoms with van der Waals surface area (Å²) < 4.78 is 10.3. The number of carboxylic acids is 1. The number of carbonyl (C=O) groups excluding carboxylic acids is 1. The predicted octanol–water partition coefficient (Wildman–Crippen LogP) is 0.844. The van der Waals surface area contributed by atoms with Crippen LogP contribution in [0.15, 0.2) is 0 Å². The van der Waals surface area contributed by atoms with E-state index in [0.717, 1.165) is 37.2 Å². The molecule has 0 spiro atoms. The van der Waals surface area contributed by atoms with Crippen molar-refractivity contribution in [3.05, 3.63) is 0 Å². The average molecular weight is 289 g/mol. The molecule has 4 nitrogen and oxygen atoms in total. The fourth-order valence-corrected chi connectivity index (χ4v) is 6.43. The molecule has 0 unspecified atom stereocenters. The summed E-state index contributed by atoms with van der Waals surface area (Å²) in [7, 11) is 0. The van der Waals surface area contributed by atoms with Crippen LogP contribution >= 0.6 is 23.5 Å². The lowest BCUT2D eigenvalue weighted by Crippen LogP contribution is -2.52. The number of hydrogen-bond acceptors (Lipinski definition) is 6. The SMILES string of the molecule is O=C([O-])C1([C@@H]2CC[C@H]3OCO[C@@H]3C2)SCCCS1. The minimum atomic E-state index is -0.903. The van der Waals surface area contributed by atoms with Gasteiger partial charge in [-0.1, -0.05) is 0 Å². The summed E-state index contributed by atoms with van der Waals surface area (Å²) in [6.45, 7) is 0.362. The van der Waals surface area contributed by atoms with E-state index in [9.17, 15) is 9.90 Å². The molecule has 6 heteroatoms. The average Bonchev–Trinajstić information content (AvgIpc) is 2.86. The molecule has 3 aliphatic rings. The summed E-state index contributed by atoms with van der Waals surface area (Å²) in [5.41, 5.74) is 0. The summed E-state index contributed by atoms with van der Waals surface area (Å²) >= 11 is 3.13. The second kappa shape index (κ2) is 5.23. The Hall–Kier alpha value is 0.0900. The summed E-state index contributed by atoms with van der Waals surface area (Å²) in [5, 5.41) is 11.6. The summed E-state index contributed by atoms with van der Waals surface area (Å²) in [5.74, 6) is 1.08. The maximum atomic E-state index is 11.6. The molecule has 2 saturated heterocycles. The lowest BCUT2D eigenvalue weighted by atomic mass is 9.83. The maximum Gasteiger partial charge on any atom is 0.147 e. The van der Waals surface area contributed by atoms with Crippen molar-refractivity contribution in [1.82, 2.24) is 0 Å². The molecule has 0 aromatic heterocycles. The molecule has 0 N–H and O–H groups in total. The number of ether oxygens (including phenoxy) is 2. The Balaban J connectivity index is 1.76. The van der Waals surface area contributed by atoms with E-state index in [1.54, 1.807) is 23.5 Å². The molecule has 2 heterocycles. The molecule has 0 radical (unpaired) electrons. The molecule has 3 rings (SSSR count). The third kappa shape index (κ3) is 2.17. The number of carboxylic acid groups (broad SMARTS) is 1. The molecular formula is C12H17O4S2-. The number of carbonyl (C=O) groups is 1. The highest BCUT2D eigenvalue weighted by Crippen LogP contribution is 2.52. The van der Waals surface area contributed by atoms with Gasteiger partial charge in [-0.2, -0.15) is 0 Å². The maximum absolute atomic E-state index is 11.6. The molecule has 3 atom stereocenters. The van der Waals surface area contributed by atoms with E-state index >= 15 is 0 Å². The van der Waals surface area contributed by atoms with Crippen molar-refractivity contribution in [3.63, 3.8) is 0 Å². The normalized spacial score (nSPS) is 39.2. The predicted molar refractivity (Wildman–Crippen MR) is 69.2 cm³/mol. The van der Waals surface area contributed by atoms with E-state index in [-0.39, 0.29) is 18.1 Å². The fraction of sp³-hybridized carbons (Fsp3) is 0.917. The van der Waals surface area contributed by atoms with Gasteiger partial charge in [-0.05, 0) is 43.1 Å². The number of hydrogen-bond donors (Lipinski definition) is 0. The number of fused-ring (bicyclic) bond motifs is 1. The molecule has 18 heavy (non-hydrogen) atoms. The first-order valence-corrected chi connectivity index (χ1v) is 8.42. The monoisotopic (exact) mass is 289 g/mol. The van der Waals surface area contributed by atoms with Gasteiger partial charge in [-0.15, -0.1) is 23.5 Å². The second-order valence-electron chi connectivity index (χ2n) is 5.04. The van der Waals surface area contributed by atoms with Gasteiger partial charge >= 0.3 is 0 Å². The van der Waals surface area contributed by atoms with E-state index in [0.29, 0.717) is 6.79 Å². The van der Waals surface area contributed by atoms with Crippen molar-refractivity contribution in [2.24, 2.45) is 5.92 Å². The van der Waals surface area contributed by atoms with Crippen molar-refractivity contribution < 1.29 is 19.4 Å². The smallest absolute Gasteiger partial charge is 0.147 e. The van der Waals surface area contributed by atoms with Crippen LogP contribution in [0.2, 0.25) is 0 Å². The van der Waals surface area contributed by atoms with Crippen LogP contribution in [-0.2, 0) is 14.3 Å². The third-order valence-electron chi connectivity index (χ3n) is 4.04. The Morgan fingerprint density at radius 2 is 1.89 bits per heavy atom. The number of aliphatic carboxylic acids is 1. The van der Waals surface area contributed by atoms with Crippen molar-refractivity contribution in [3.8, 4) is 0 Å². The van der Waals surface area contributed by atoms with Gasteiger partial charge < -0.3 is 19.4 Å². The fourth-order valence-electron chi connectivity index (χ4n) is 3.10. The zero-order valence-corrected chi connectivity index (χ0v) is 11.8. The molecule has 102 valence electrons. The van der Waals surface area contributed by atoms with Crippen LogP contribution in [0.25, 0.3) is 0 Å². The van der Waals surface area contributed by atoms with Gasteiger partial charge in [0.2, 0.25) is 0 Å². The lowest BCUT2D eigenvalue weighted by Gasteiger charge is -2.46. The lowest BCUT2D eigenvalue weighted by molar-refractivity contribution is -0.307. The van der Waals surface area contributed by atoms with E-state index < -0.39 is 10.0 Å². The quantitative estimate of drug-likeness (QED) is 0.751. The minimum absolute atomic E-state index is 0.0862. The zero-order valence-electron chi connectivity index (χ0n) is 10.1. The van der Waals surface area contributed by atoms with Gasteiger partial charge in [0, 0.05) is 0 Å². The van der Waals surface area contributed by atoms with E-state index in [2.05, 4.69) is 0 Å². The van der Waals surface area contributed by atoms with E-state index in [1.165, 1.54) is 0 Å². The summed E-state index contributed by atoms with van der Waals surface area (Å²) in [6, 6.07) is 0. The highest BCUT2D eigenvalue weighted by molar-refractivity contribution is 8.19. The van der Waals surface area contributed by atoms with Gasteiger partial charge in [0.25, 0.3) is 0 Å². The highest BCUT2D eigenvalue weighted by atomic mass is 32.2. The van der Waals surface area contributed by atoms with Gasteiger partial charge in [0.05, 0.1) is 18.2 Å². The topological polar surface area (TPSA) is 58.6 Å². The van der Waals surface area contributed by atoms with E-state index in [1.807, 2.05) is 0 Å². The van der Waals surface area contributed by atoms with Crippen LogP contribution in [0.5, 0.6) is 0 Å². The Bertz CT molecular complexity index is 330. The van der Waals surface area contributed by atoms with Crippen LogP contribution in [-0.4, -0.2) is 40.6 Å². The van der Waals surface area contributed by atoms with Crippen LogP contribution in [0.3, 0.4) is 0 Å². The van der Waals surface area contributed by atoms with Crippen molar-refractivity contribution in [2.45, 2.75) is 42.0 Å². The molecule has 0 amide bonds. The molecule has 1 saturated carbocycles. The van der Waals surface area contributed by atoms with Crippen LogP contribution in [0.1, 0.15) is 25.7 Å². The largest absolute Gasteiger partial charge is 0.548 e. The standard InChI is InChI=1S/C12H18O4S2/c13-11(14)12(17-4-1-5-18-12)8-2-3-9-10(6-8)16-7-15-9/h8-10H,1-7H2,(H,13,14)/p-1/t8-,9-,10-/m1/s1. The van der Waals surface area contributed by atoms with E-state index in [4.69, 9.17) is 9.47 Å². The molecule has 3 fully saturated rings. The Morgan fingerprint density at radius 3 is 2.61 bits per heavy atom. The van der Waals surface area contributed by atoms with Gasteiger partial charge in [0.15, 0.2) is 0 Å². The number of rotatable bonds is 2. The van der Waals surface area contributed by atoms with Gasteiger partial charge in [0.1, 0.15) is 10.9 Å². The Morgan fingerprint density at radius 1 is 1.17 bits per heavy atom. The molecule has 1 aliphatic carbocycles. The van der Waals surface area contributed by atoms with Crippen LogP contribution in [0.4, 0.5) is 0 Å². The van der Waals surface area contributed by atoms with Gasteiger partial charge in [-0.3, -0.25) is 0 Å². The first kappa shape index (κ1) is 13.1. The zero-order chi connectivity index (χ0) is 12.6. The van der Waals surface area contributed by atoms with Crippen molar-refractivity contribution in [1.29, 1.82) is 0 Å². The van der Waals surface area contributed by atoms with Crippen molar-refractivity contribution in [2.75, 3.05) is 18.3 Å².